The largest absolute Gasteiger partial charge is 0.497 e. The van der Waals surface area contributed by atoms with Gasteiger partial charge in [0.05, 0.1) is 7.11 Å². The van der Waals surface area contributed by atoms with E-state index in [9.17, 15) is 13.2 Å². The van der Waals surface area contributed by atoms with Crippen molar-refractivity contribution in [3.8, 4) is 5.75 Å². The summed E-state index contributed by atoms with van der Waals surface area (Å²) in [6.07, 6.45) is 0. The standard InChI is InChI=1S/C12H18O.2C12H18.C11H15Cl.3C11H15F.4C11H16/c1-9-6-10(12(2,3)4)8-11(7-9)13-5;1-9-6-10(2)8-11(7-9)12(3,4)5;1-9-6-7-10(2)11(8-9)12(3,4)5;3*1-8-5-6-9(7-10(8)12)11(2,3)4;1-8-5-6-10(12)9(7-8)11(2,3)4;2*1-9-5-7-10(8-6-9)11(2,3)4;1-9-6-5-7-10(8-9)11(2,3)4;1-9-7-5-6-8-10(9)11(2,3)4/h6-8H,1-5H3;2*6-8H,1-5H3;4*5-7H,1-4H3;4*5-8H,1-4H3. The summed E-state index contributed by atoms with van der Waals surface area (Å²) in [6, 6.07) is 76.9. The molecule has 11 aromatic carbocycles. The Morgan fingerprint density at radius 1 is 0.186 bits per heavy atom. The van der Waals surface area contributed by atoms with E-state index in [1.54, 1.807) is 39.2 Å². The fourth-order valence-electron chi connectivity index (χ4n) is 13.3. The Kier molecular flexibility index (Phi) is 46.1. The van der Waals surface area contributed by atoms with Gasteiger partial charge in [-0.15, -0.1) is 0 Å². The SMILES string of the molecule is COc1cc(C)cc(C(C)(C)C)c1.Cc1cc(C)cc(C(C)(C)C)c1.Cc1ccc(C(C)(C)C)cc1.Cc1ccc(C(C)(C)C)cc1.Cc1ccc(C(C)(C)C)cc1Cl.Cc1ccc(C(C)(C)C)cc1F.Cc1ccc(C(C)(C)C)cc1F.Cc1ccc(C)c(C(C)(C)C)c1.Cc1ccc(F)c(C(C)(C)C)c1.Cc1cccc(C(C)(C)C)c1.Cc1ccccc1C(C)(C)C. The molecule has 0 atom stereocenters. The van der Waals surface area contributed by atoms with Crippen molar-refractivity contribution >= 4 is 11.6 Å². The number of hydrogen-bond acceptors (Lipinski definition) is 1. The summed E-state index contributed by atoms with van der Waals surface area (Å²) >= 11 is 6.02. The molecule has 0 N–H and O–H groups in total. The maximum Gasteiger partial charge on any atom is 0.126 e. The van der Waals surface area contributed by atoms with Crippen molar-refractivity contribution in [1.29, 1.82) is 0 Å². The van der Waals surface area contributed by atoms with Gasteiger partial charge in [0.15, 0.2) is 0 Å². The van der Waals surface area contributed by atoms with E-state index in [0.717, 1.165) is 38.6 Å². The number of ether oxygens (including phenoxy) is 1. The molecule has 0 radical (unpaired) electrons. The number of aryl methyl sites for hydroxylation is 13. The van der Waals surface area contributed by atoms with Crippen LogP contribution in [0.3, 0.4) is 0 Å². The van der Waals surface area contributed by atoms with Crippen molar-refractivity contribution in [3.05, 3.63) is 380 Å². The van der Waals surface area contributed by atoms with E-state index >= 15 is 0 Å². The maximum atomic E-state index is 13.3. The van der Waals surface area contributed by atoms with Crippen molar-refractivity contribution in [3.63, 3.8) is 0 Å². The van der Waals surface area contributed by atoms with Crippen LogP contribution in [0, 0.1) is 107 Å². The van der Waals surface area contributed by atoms with Crippen LogP contribution in [-0.4, -0.2) is 7.11 Å². The third kappa shape index (κ3) is 45.8. The topological polar surface area (TPSA) is 9.23 Å². The first-order valence-electron chi connectivity index (χ1n) is 46.6. The van der Waals surface area contributed by atoms with E-state index in [2.05, 4.69) is 440 Å². The summed E-state index contributed by atoms with van der Waals surface area (Å²) in [7, 11) is 1.71. The lowest BCUT2D eigenvalue weighted by atomic mass is 9.83. The van der Waals surface area contributed by atoms with Gasteiger partial charge in [0.2, 0.25) is 0 Å². The first-order chi connectivity index (χ1) is 58.4. The molecule has 129 heavy (non-hydrogen) atoms. The van der Waals surface area contributed by atoms with Crippen molar-refractivity contribution < 1.29 is 17.9 Å². The number of methoxy groups -OCH3 is 1. The van der Waals surface area contributed by atoms with E-state index < -0.39 is 0 Å². The van der Waals surface area contributed by atoms with E-state index in [1.807, 2.05) is 65.0 Å². The van der Waals surface area contributed by atoms with Crippen LogP contribution < -0.4 is 4.74 Å². The summed E-state index contributed by atoms with van der Waals surface area (Å²) in [6.45, 7) is 98.9. The van der Waals surface area contributed by atoms with Gasteiger partial charge < -0.3 is 4.74 Å². The minimum Gasteiger partial charge on any atom is -0.497 e. The molecular formula is C124H178ClF3O. The predicted octanol–water partition coefficient (Wildman–Crippen LogP) is 37.9. The fraction of sp³-hybridized carbons (Fsp3) is 0.468. The second-order valence-electron chi connectivity index (χ2n) is 47.0. The van der Waals surface area contributed by atoms with Crippen LogP contribution >= 0.6 is 11.6 Å². The molecule has 1 nitrogen and oxygen atoms in total. The van der Waals surface area contributed by atoms with Crippen LogP contribution in [0.25, 0.3) is 0 Å². The molecule has 11 rings (SSSR count). The highest BCUT2D eigenvalue weighted by Gasteiger charge is 2.23. The van der Waals surface area contributed by atoms with Crippen LogP contribution in [0.4, 0.5) is 13.2 Å². The summed E-state index contributed by atoms with van der Waals surface area (Å²) in [5, 5.41) is 0.863. The molecule has 11 aromatic rings. The minimum absolute atomic E-state index is 0.0362. The van der Waals surface area contributed by atoms with Gasteiger partial charge in [-0.05, 0) is 281 Å². The second-order valence-corrected chi connectivity index (χ2v) is 47.4. The van der Waals surface area contributed by atoms with Gasteiger partial charge in [-0.2, -0.15) is 0 Å². The Bertz CT molecular complexity index is 4890. The average molecular weight is 1780 g/mol. The third-order valence-electron chi connectivity index (χ3n) is 22.2. The first-order valence-corrected chi connectivity index (χ1v) is 46.9. The summed E-state index contributed by atoms with van der Waals surface area (Å²) < 4.78 is 44.7. The van der Waals surface area contributed by atoms with E-state index in [1.165, 1.54) is 101 Å². The first kappa shape index (κ1) is 118. The van der Waals surface area contributed by atoms with Crippen molar-refractivity contribution in [1.82, 2.24) is 0 Å². The van der Waals surface area contributed by atoms with Gasteiger partial charge in [0, 0.05) is 5.02 Å². The molecule has 0 saturated heterocycles. The van der Waals surface area contributed by atoms with Crippen molar-refractivity contribution in [2.45, 2.75) is 378 Å². The molecule has 0 aliphatic carbocycles. The minimum atomic E-state index is -0.109. The molecule has 0 unspecified atom stereocenters. The molecule has 0 bridgehead atoms. The Morgan fingerprint density at radius 2 is 0.465 bits per heavy atom. The zero-order chi connectivity index (χ0) is 100. The Balaban J connectivity index is 0.000000710. The molecule has 0 fully saturated rings. The highest BCUT2D eigenvalue weighted by atomic mass is 35.5. The number of hydrogen-bond donors (Lipinski definition) is 0. The quantitative estimate of drug-likeness (QED) is 0.159. The molecule has 5 heteroatoms. The number of halogens is 4. The van der Waals surface area contributed by atoms with Crippen LogP contribution in [0.15, 0.2) is 224 Å². The molecule has 0 heterocycles. The van der Waals surface area contributed by atoms with Crippen molar-refractivity contribution in [2.24, 2.45) is 0 Å². The van der Waals surface area contributed by atoms with Crippen LogP contribution in [0.1, 0.15) is 362 Å². The van der Waals surface area contributed by atoms with Crippen LogP contribution in [-0.2, 0) is 59.6 Å². The molecule has 0 amide bonds. The lowest BCUT2D eigenvalue weighted by Gasteiger charge is -2.22. The summed E-state index contributed by atoms with van der Waals surface area (Å²) in [5.41, 5.74) is 31.9. The highest BCUT2D eigenvalue weighted by molar-refractivity contribution is 6.31. The fourth-order valence-corrected chi connectivity index (χ4v) is 13.5. The molecule has 0 aliphatic rings. The smallest absolute Gasteiger partial charge is 0.126 e. The second kappa shape index (κ2) is 50.2. The monoisotopic (exact) mass is 1780 g/mol. The van der Waals surface area contributed by atoms with Gasteiger partial charge in [-0.25, -0.2) is 13.2 Å². The molecule has 0 aromatic heterocycles. The summed E-state index contributed by atoms with van der Waals surface area (Å²) in [5.74, 6) is 0.628. The van der Waals surface area contributed by atoms with E-state index in [4.69, 9.17) is 16.3 Å². The van der Waals surface area contributed by atoms with E-state index in [-0.39, 0.29) is 77.0 Å². The Morgan fingerprint density at radius 3 is 0.767 bits per heavy atom. The molecule has 0 spiro atoms. The average Bonchev–Trinajstić information content (AvgIpc) is 0.833. The lowest BCUT2D eigenvalue weighted by Crippen LogP contribution is -2.13. The Hall–Kier alpha value is -8.70. The van der Waals surface area contributed by atoms with Crippen LogP contribution in [0.2, 0.25) is 5.02 Å². The van der Waals surface area contributed by atoms with Gasteiger partial charge in [-0.3, -0.25) is 0 Å². The number of benzene rings is 11. The number of rotatable bonds is 1. The lowest BCUT2D eigenvalue weighted by molar-refractivity contribution is 0.412. The highest BCUT2D eigenvalue weighted by Crippen LogP contribution is 2.34. The third-order valence-corrected chi connectivity index (χ3v) is 22.6. The predicted molar refractivity (Wildman–Crippen MR) is 570 cm³/mol. The van der Waals surface area contributed by atoms with Gasteiger partial charge in [0.25, 0.3) is 0 Å². The normalized spacial score (nSPS) is 11.7. The Labute approximate surface area is 795 Å². The van der Waals surface area contributed by atoms with Crippen molar-refractivity contribution in [2.75, 3.05) is 7.11 Å². The molecular weight excluding hydrogens is 1600 g/mol. The molecule has 0 aliphatic heterocycles. The zero-order valence-corrected chi connectivity index (χ0v) is 91.0. The van der Waals surface area contributed by atoms with E-state index in [0.29, 0.717) is 11.1 Å². The molecule has 0 saturated carbocycles. The maximum absolute atomic E-state index is 13.3. The summed E-state index contributed by atoms with van der Waals surface area (Å²) in [4.78, 5) is 0. The van der Waals surface area contributed by atoms with Crippen LogP contribution in [0.5, 0.6) is 5.75 Å². The zero-order valence-electron chi connectivity index (χ0n) is 90.3. The van der Waals surface area contributed by atoms with Gasteiger partial charge >= 0.3 is 0 Å². The van der Waals surface area contributed by atoms with Gasteiger partial charge in [-0.1, -0.05) is 467 Å². The molecule has 708 valence electrons. The van der Waals surface area contributed by atoms with Gasteiger partial charge in [0.1, 0.15) is 23.2 Å².